The summed E-state index contributed by atoms with van der Waals surface area (Å²) in [5, 5.41) is 17.8. The Bertz CT molecular complexity index is 807. The maximum absolute atomic E-state index is 9.49. The predicted molar refractivity (Wildman–Crippen MR) is 87.7 cm³/mol. The van der Waals surface area contributed by atoms with Crippen molar-refractivity contribution in [1.29, 1.82) is 0 Å². The molecule has 0 aliphatic carbocycles. The van der Waals surface area contributed by atoms with Crippen molar-refractivity contribution in [3.63, 3.8) is 0 Å². The van der Waals surface area contributed by atoms with Crippen molar-refractivity contribution in [2.45, 2.75) is 32.8 Å². The van der Waals surface area contributed by atoms with Crippen LogP contribution < -0.4 is 0 Å². The first kappa shape index (κ1) is 14.7. The Hall–Kier alpha value is -2.20. The second-order valence-electron chi connectivity index (χ2n) is 5.77. The molecule has 0 spiro atoms. The van der Waals surface area contributed by atoms with E-state index in [1.807, 2.05) is 14.0 Å². The van der Waals surface area contributed by atoms with Crippen LogP contribution in [-0.4, -0.2) is 20.1 Å². The predicted octanol–water partition coefficient (Wildman–Crippen LogP) is 3.31. The molecule has 0 amide bonds. The molecule has 3 aromatic rings. The number of benzene rings is 2. The van der Waals surface area contributed by atoms with Gasteiger partial charge in [0, 0.05) is 13.0 Å². The van der Waals surface area contributed by atoms with Crippen LogP contribution in [0.3, 0.4) is 0 Å². The van der Waals surface area contributed by atoms with E-state index in [1.165, 1.54) is 11.1 Å². The van der Waals surface area contributed by atoms with E-state index in [9.17, 15) is 5.11 Å². The number of nitrogens with zero attached hydrogens (tertiary/aromatic N) is 3. The Kier molecular flexibility index (Phi) is 3.94. The SMILES string of the molecule is CCC(c1ccc(C)c(CO)c1)c1ccc2c(c1)nnn2C. The van der Waals surface area contributed by atoms with Crippen molar-refractivity contribution in [2.75, 3.05) is 0 Å². The number of hydrogen-bond donors (Lipinski definition) is 1. The second kappa shape index (κ2) is 5.89. The summed E-state index contributed by atoms with van der Waals surface area (Å²) in [5.74, 6) is 0.303. The van der Waals surface area contributed by atoms with Gasteiger partial charge in [-0.3, -0.25) is 0 Å². The van der Waals surface area contributed by atoms with Crippen molar-refractivity contribution in [3.8, 4) is 0 Å². The van der Waals surface area contributed by atoms with Crippen LogP contribution in [0.2, 0.25) is 0 Å². The Balaban J connectivity index is 2.05. The van der Waals surface area contributed by atoms with Crippen molar-refractivity contribution >= 4 is 11.0 Å². The molecule has 2 aromatic carbocycles. The molecule has 0 saturated heterocycles. The highest BCUT2D eigenvalue weighted by molar-refractivity contribution is 5.75. The minimum atomic E-state index is 0.0826. The third kappa shape index (κ3) is 2.50. The number of aliphatic hydroxyl groups is 1. The van der Waals surface area contributed by atoms with Crippen molar-refractivity contribution in [1.82, 2.24) is 15.0 Å². The number of aryl methyl sites for hydroxylation is 2. The lowest BCUT2D eigenvalue weighted by Gasteiger charge is -2.18. The molecule has 1 unspecified atom stereocenters. The van der Waals surface area contributed by atoms with Gasteiger partial charge in [-0.05, 0) is 47.7 Å². The molecule has 1 aromatic heterocycles. The van der Waals surface area contributed by atoms with Gasteiger partial charge in [-0.25, -0.2) is 4.68 Å². The van der Waals surface area contributed by atoms with Gasteiger partial charge in [0.1, 0.15) is 5.52 Å². The van der Waals surface area contributed by atoms with E-state index < -0.39 is 0 Å². The molecule has 1 heterocycles. The first-order valence-corrected chi connectivity index (χ1v) is 7.63. The van der Waals surface area contributed by atoms with Crippen molar-refractivity contribution in [2.24, 2.45) is 7.05 Å². The largest absolute Gasteiger partial charge is 0.392 e. The third-order valence-corrected chi connectivity index (χ3v) is 4.39. The number of hydrogen-bond acceptors (Lipinski definition) is 3. The molecule has 0 aliphatic heterocycles. The lowest BCUT2D eigenvalue weighted by molar-refractivity contribution is 0.281. The quantitative estimate of drug-likeness (QED) is 0.803. The highest BCUT2D eigenvalue weighted by Crippen LogP contribution is 2.30. The molecule has 0 aliphatic rings. The van der Waals surface area contributed by atoms with E-state index in [0.717, 1.165) is 28.6 Å². The molecule has 114 valence electrons. The fourth-order valence-corrected chi connectivity index (χ4v) is 3.02. The van der Waals surface area contributed by atoms with Gasteiger partial charge < -0.3 is 5.11 Å². The zero-order valence-electron chi connectivity index (χ0n) is 13.2. The van der Waals surface area contributed by atoms with Gasteiger partial charge in [0.25, 0.3) is 0 Å². The van der Waals surface area contributed by atoms with Gasteiger partial charge in [-0.1, -0.05) is 36.4 Å². The molecule has 1 atom stereocenters. The van der Waals surface area contributed by atoms with Gasteiger partial charge in [-0.2, -0.15) is 0 Å². The first-order chi connectivity index (χ1) is 10.6. The van der Waals surface area contributed by atoms with Crippen LogP contribution in [0.15, 0.2) is 36.4 Å². The van der Waals surface area contributed by atoms with E-state index in [2.05, 4.69) is 53.6 Å². The molecule has 22 heavy (non-hydrogen) atoms. The highest BCUT2D eigenvalue weighted by Gasteiger charge is 2.15. The van der Waals surface area contributed by atoms with Crippen LogP contribution in [0.5, 0.6) is 0 Å². The topological polar surface area (TPSA) is 50.9 Å². The Morgan fingerprint density at radius 1 is 1.14 bits per heavy atom. The number of fused-ring (bicyclic) bond motifs is 1. The molecule has 4 heteroatoms. The Labute approximate surface area is 130 Å². The van der Waals surface area contributed by atoms with Crippen LogP contribution in [0, 0.1) is 6.92 Å². The average molecular weight is 295 g/mol. The summed E-state index contributed by atoms with van der Waals surface area (Å²) in [4.78, 5) is 0. The zero-order chi connectivity index (χ0) is 15.7. The maximum Gasteiger partial charge on any atom is 0.113 e. The zero-order valence-corrected chi connectivity index (χ0v) is 13.2. The van der Waals surface area contributed by atoms with Crippen molar-refractivity contribution in [3.05, 3.63) is 58.7 Å². The van der Waals surface area contributed by atoms with Gasteiger partial charge >= 0.3 is 0 Å². The smallest absolute Gasteiger partial charge is 0.113 e. The maximum atomic E-state index is 9.49. The summed E-state index contributed by atoms with van der Waals surface area (Å²) in [5.41, 5.74) is 6.57. The summed E-state index contributed by atoms with van der Waals surface area (Å²) in [6.07, 6.45) is 1.000. The summed E-state index contributed by atoms with van der Waals surface area (Å²) < 4.78 is 1.79. The van der Waals surface area contributed by atoms with Crippen LogP contribution in [-0.2, 0) is 13.7 Å². The molecule has 0 bridgehead atoms. The van der Waals surface area contributed by atoms with Gasteiger partial charge in [0.15, 0.2) is 0 Å². The van der Waals surface area contributed by atoms with Crippen LogP contribution >= 0.6 is 0 Å². The molecule has 4 nitrogen and oxygen atoms in total. The minimum absolute atomic E-state index is 0.0826. The number of rotatable bonds is 4. The lowest BCUT2D eigenvalue weighted by atomic mass is 9.87. The van der Waals surface area contributed by atoms with Crippen molar-refractivity contribution < 1.29 is 5.11 Å². The fraction of sp³-hybridized carbons (Fsp3) is 0.333. The van der Waals surface area contributed by atoms with Gasteiger partial charge in [0.2, 0.25) is 0 Å². The van der Waals surface area contributed by atoms with Crippen LogP contribution in [0.25, 0.3) is 11.0 Å². The molecular formula is C18H21N3O. The fourth-order valence-electron chi connectivity index (χ4n) is 3.02. The number of aromatic nitrogens is 3. The third-order valence-electron chi connectivity index (χ3n) is 4.39. The Morgan fingerprint density at radius 2 is 1.86 bits per heavy atom. The van der Waals surface area contributed by atoms with E-state index in [1.54, 1.807) is 4.68 Å². The first-order valence-electron chi connectivity index (χ1n) is 7.63. The summed E-state index contributed by atoms with van der Waals surface area (Å²) in [7, 11) is 1.90. The molecule has 1 N–H and O–H groups in total. The highest BCUT2D eigenvalue weighted by atomic mass is 16.3. The standard InChI is InChI=1S/C18H21N3O/c1-4-16(13-6-5-12(2)15(9-13)11-22)14-7-8-18-17(10-14)19-20-21(18)3/h5-10,16,22H,4,11H2,1-3H3. The second-order valence-corrected chi connectivity index (χ2v) is 5.77. The monoisotopic (exact) mass is 295 g/mol. The Morgan fingerprint density at radius 3 is 2.59 bits per heavy atom. The summed E-state index contributed by atoms with van der Waals surface area (Å²) in [6, 6.07) is 12.7. The van der Waals surface area contributed by atoms with E-state index in [-0.39, 0.29) is 6.61 Å². The van der Waals surface area contributed by atoms with Crippen LogP contribution in [0.4, 0.5) is 0 Å². The summed E-state index contributed by atoms with van der Waals surface area (Å²) >= 11 is 0. The molecule has 0 radical (unpaired) electrons. The normalized spacial score (nSPS) is 12.7. The van der Waals surface area contributed by atoms with E-state index in [0.29, 0.717) is 5.92 Å². The van der Waals surface area contributed by atoms with Crippen LogP contribution in [0.1, 0.15) is 41.5 Å². The summed E-state index contributed by atoms with van der Waals surface area (Å²) in [6.45, 7) is 4.30. The molecule has 0 saturated carbocycles. The average Bonchev–Trinajstić information content (AvgIpc) is 2.90. The minimum Gasteiger partial charge on any atom is -0.392 e. The van der Waals surface area contributed by atoms with Gasteiger partial charge in [0.05, 0.1) is 12.1 Å². The van der Waals surface area contributed by atoms with E-state index in [4.69, 9.17) is 0 Å². The molecule has 0 fully saturated rings. The molecular weight excluding hydrogens is 274 g/mol. The van der Waals surface area contributed by atoms with Gasteiger partial charge in [-0.15, -0.1) is 5.10 Å². The lowest BCUT2D eigenvalue weighted by Crippen LogP contribution is -2.02. The van der Waals surface area contributed by atoms with E-state index >= 15 is 0 Å². The molecule has 3 rings (SSSR count). The number of aliphatic hydroxyl groups excluding tert-OH is 1.